The van der Waals surface area contributed by atoms with Gasteiger partial charge in [-0.05, 0) is 85.6 Å². The molecule has 48 heavy (non-hydrogen) atoms. The number of rotatable bonds is 7. The number of guanidine groups is 1. The van der Waals surface area contributed by atoms with Crippen LogP contribution in [0.5, 0.6) is 0 Å². The van der Waals surface area contributed by atoms with Gasteiger partial charge in [0.15, 0.2) is 5.96 Å². The fourth-order valence-corrected chi connectivity index (χ4v) is 12.2. The van der Waals surface area contributed by atoms with Crippen LogP contribution < -0.4 is 10.6 Å². The summed E-state index contributed by atoms with van der Waals surface area (Å²) in [5.74, 6) is 7.20. The molecule has 0 amide bonds. The largest absolute Gasteiger partial charge is 0.396 e. The third-order valence-corrected chi connectivity index (χ3v) is 14.0. The molecular formula is C40H52N4O4. The van der Waals surface area contributed by atoms with Crippen molar-refractivity contribution in [3.63, 3.8) is 0 Å². The lowest BCUT2D eigenvalue weighted by Crippen LogP contribution is -2.61. The maximum Gasteiger partial charge on any atom is 0.191 e. The number of nitrogens with zero attached hydrogens (tertiary/aromatic N) is 1. The first-order valence-electron chi connectivity index (χ1n) is 18.3. The van der Waals surface area contributed by atoms with Crippen LogP contribution in [0.1, 0.15) is 69.9 Å². The van der Waals surface area contributed by atoms with Crippen LogP contribution in [0.4, 0.5) is 0 Å². The molecule has 0 aliphatic heterocycles. The molecule has 1 aromatic heterocycles. The monoisotopic (exact) mass is 652 g/mol. The Morgan fingerprint density at radius 1 is 1.12 bits per heavy atom. The van der Waals surface area contributed by atoms with Gasteiger partial charge >= 0.3 is 0 Å². The SMILES string of the molecule is C=C(Cc1cc2ccccc2[nH]1)C12CC#CC(NC(=NC)NCCCO)CC3(O)C(O)CC4C3C1CCC1C2C=CC2(CCCC2)C41O. The van der Waals surface area contributed by atoms with Crippen LogP contribution in [0, 0.1) is 52.3 Å². The Balaban J connectivity index is 1.28. The van der Waals surface area contributed by atoms with Gasteiger partial charge in [-0.1, -0.05) is 61.3 Å². The van der Waals surface area contributed by atoms with Crippen LogP contribution >= 0.6 is 0 Å². The molecule has 8 rings (SSSR count). The molecule has 6 aliphatic rings. The predicted molar refractivity (Wildman–Crippen MR) is 188 cm³/mol. The Hall–Kier alpha value is -3.09. The summed E-state index contributed by atoms with van der Waals surface area (Å²) in [7, 11) is 1.70. The Morgan fingerprint density at radius 2 is 1.92 bits per heavy atom. The molecule has 4 fully saturated rings. The zero-order valence-electron chi connectivity index (χ0n) is 28.2. The Labute approximate surface area is 284 Å². The summed E-state index contributed by atoms with van der Waals surface area (Å²) in [6, 6.07) is 10.1. The standard InChI is InChI=1S/C40H52N4O4/c1-25(21-28-22-26-9-3-4-11-33(26)43-28)38-17-7-10-27(44-36(41-2)42-19-8-20-45)24-39(47)34(46)23-32-35(39)31(38)13-12-30-29(38)14-18-37(40(30,32)48)15-5-6-16-37/h3-4,9,11,14,18,22,27,29-32,34-35,43,45-48H,1,5-6,8,12-13,15-17,19-21,23-24H2,2H3,(H2,41,42,44). The fraction of sp³-hybridized carbons (Fsp3) is 0.625. The maximum absolute atomic E-state index is 13.6. The fourth-order valence-electron chi connectivity index (χ4n) is 12.2. The number of aromatic amines is 1. The third-order valence-electron chi connectivity index (χ3n) is 14.0. The molecule has 7 N–H and O–H groups in total. The summed E-state index contributed by atoms with van der Waals surface area (Å²) in [5.41, 5.74) is 0.0332. The summed E-state index contributed by atoms with van der Waals surface area (Å²) < 4.78 is 0. The van der Waals surface area contributed by atoms with Crippen molar-refractivity contribution in [2.45, 2.75) is 94.0 Å². The van der Waals surface area contributed by atoms with Gasteiger partial charge in [0.25, 0.3) is 0 Å². The Kier molecular flexibility index (Phi) is 7.87. The molecule has 1 spiro atoms. The first-order valence-corrected chi connectivity index (χ1v) is 18.3. The van der Waals surface area contributed by atoms with E-state index in [1.54, 1.807) is 7.05 Å². The molecule has 0 radical (unpaired) electrons. The quantitative estimate of drug-likeness (QED) is 0.0789. The number of H-pyrrole nitrogens is 1. The zero-order valence-corrected chi connectivity index (χ0v) is 28.2. The number of aliphatic hydroxyl groups is 4. The molecule has 6 aliphatic carbocycles. The number of aliphatic imine (C=N–C) groups is 1. The number of para-hydroxylation sites is 1. The first kappa shape index (κ1) is 32.1. The molecule has 2 aromatic rings. The van der Waals surface area contributed by atoms with Crippen molar-refractivity contribution < 1.29 is 20.4 Å². The van der Waals surface area contributed by atoms with Crippen molar-refractivity contribution in [1.82, 2.24) is 15.6 Å². The molecule has 10 atom stereocenters. The van der Waals surface area contributed by atoms with Gasteiger partial charge in [0.1, 0.15) is 0 Å². The van der Waals surface area contributed by atoms with Gasteiger partial charge in [0.05, 0.1) is 23.3 Å². The summed E-state index contributed by atoms with van der Waals surface area (Å²) in [6.45, 7) is 5.53. The average Bonchev–Trinajstić information content (AvgIpc) is 3.76. The van der Waals surface area contributed by atoms with Gasteiger partial charge in [-0.25, -0.2) is 0 Å². The topological polar surface area (TPSA) is 133 Å². The molecule has 1 heterocycles. The number of hydrogen-bond acceptors (Lipinski definition) is 5. The molecule has 8 heteroatoms. The molecule has 1 aromatic carbocycles. The highest BCUT2D eigenvalue weighted by Gasteiger charge is 2.76. The highest BCUT2D eigenvalue weighted by Crippen LogP contribution is 2.75. The Morgan fingerprint density at radius 3 is 2.69 bits per heavy atom. The van der Waals surface area contributed by atoms with Crippen LogP contribution in [0.3, 0.4) is 0 Å². The first-order chi connectivity index (χ1) is 23.2. The maximum atomic E-state index is 13.6. The van der Waals surface area contributed by atoms with Crippen molar-refractivity contribution in [1.29, 1.82) is 0 Å². The van der Waals surface area contributed by atoms with E-state index in [9.17, 15) is 20.4 Å². The van der Waals surface area contributed by atoms with Crippen LogP contribution in [0.2, 0.25) is 0 Å². The number of aromatic nitrogens is 1. The third kappa shape index (κ3) is 4.47. The van der Waals surface area contributed by atoms with Crippen molar-refractivity contribution >= 4 is 16.9 Å². The lowest BCUT2D eigenvalue weighted by atomic mass is 9.46. The minimum atomic E-state index is -1.45. The van der Waals surface area contributed by atoms with Gasteiger partial charge < -0.3 is 36.0 Å². The normalized spacial score (nSPS) is 40.5. The molecule has 4 saturated carbocycles. The highest BCUT2D eigenvalue weighted by atomic mass is 16.3. The highest BCUT2D eigenvalue weighted by molar-refractivity contribution is 5.81. The van der Waals surface area contributed by atoms with E-state index in [1.807, 2.05) is 0 Å². The van der Waals surface area contributed by atoms with Crippen LogP contribution in [0.25, 0.3) is 10.9 Å². The van der Waals surface area contributed by atoms with Crippen LogP contribution in [-0.4, -0.2) is 74.9 Å². The van der Waals surface area contributed by atoms with Gasteiger partial charge in [-0.2, -0.15) is 0 Å². The van der Waals surface area contributed by atoms with Crippen molar-refractivity contribution in [2.75, 3.05) is 20.2 Å². The number of allylic oxidation sites excluding steroid dienone is 2. The van der Waals surface area contributed by atoms with E-state index < -0.39 is 28.8 Å². The van der Waals surface area contributed by atoms with E-state index >= 15 is 0 Å². The Bertz CT molecular complexity index is 1660. The zero-order chi connectivity index (χ0) is 33.3. The van der Waals surface area contributed by atoms with Gasteiger partial charge in [-0.15, -0.1) is 5.92 Å². The lowest BCUT2D eigenvalue weighted by Gasteiger charge is -2.60. The average molecular weight is 653 g/mol. The molecule has 6 bridgehead atoms. The number of hydrogen-bond donors (Lipinski definition) is 7. The second-order valence-corrected chi connectivity index (χ2v) is 15.9. The summed E-state index contributed by atoms with van der Waals surface area (Å²) in [5, 5.41) is 55.9. The molecule has 256 valence electrons. The second kappa shape index (κ2) is 11.8. The number of fused-ring (bicyclic) bond motifs is 3. The van der Waals surface area contributed by atoms with Gasteiger partial charge in [0, 0.05) is 61.5 Å². The minimum Gasteiger partial charge on any atom is -0.396 e. The van der Waals surface area contributed by atoms with E-state index in [1.165, 1.54) is 5.39 Å². The minimum absolute atomic E-state index is 0.00745. The summed E-state index contributed by atoms with van der Waals surface area (Å²) in [4.78, 5) is 8.04. The van der Waals surface area contributed by atoms with E-state index in [-0.39, 0.29) is 48.0 Å². The van der Waals surface area contributed by atoms with Gasteiger partial charge in [-0.3, -0.25) is 4.99 Å². The van der Waals surface area contributed by atoms with E-state index in [0.717, 1.165) is 55.3 Å². The van der Waals surface area contributed by atoms with E-state index in [0.29, 0.717) is 38.2 Å². The molecule has 10 unspecified atom stereocenters. The van der Waals surface area contributed by atoms with E-state index in [2.05, 4.69) is 74.9 Å². The molecular weight excluding hydrogens is 600 g/mol. The number of nitrogens with one attached hydrogen (secondary N) is 3. The van der Waals surface area contributed by atoms with Crippen LogP contribution in [0.15, 0.2) is 59.6 Å². The predicted octanol–water partition coefficient (Wildman–Crippen LogP) is 4.21. The van der Waals surface area contributed by atoms with Crippen LogP contribution in [-0.2, 0) is 6.42 Å². The van der Waals surface area contributed by atoms with Crippen molar-refractivity contribution in [2.24, 2.45) is 45.4 Å². The molecule has 8 nitrogen and oxygen atoms in total. The smallest absolute Gasteiger partial charge is 0.191 e. The van der Waals surface area contributed by atoms with E-state index in [4.69, 9.17) is 6.58 Å². The number of aliphatic hydroxyl groups excluding tert-OH is 2. The lowest BCUT2D eigenvalue weighted by molar-refractivity contribution is -0.172. The number of benzene rings is 1. The summed E-state index contributed by atoms with van der Waals surface area (Å²) >= 11 is 0. The van der Waals surface area contributed by atoms with Crippen molar-refractivity contribution in [3.05, 3.63) is 60.3 Å². The summed E-state index contributed by atoms with van der Waals surface area (Å²) in [6.07, 6.45) is 12.2. The molecule has 0 saturated heterocycles. The van der Waals surface area contributed by atoms with Crippen molar-refractivity contribution in [3.8, 4) is 11.8 Å². The van der Waals surface area contributed by atoms with Gasteiger partial charge in [0.2, 0.25) is 0 Å². The second-order valence-electron chi connectivity index (χ2n) is 15.9.